The second kappa shape index (κ2) is 6.77. The molecule has 1 aromatic carbocycles. The van der Waals surface area contributed by atoms with Crippen LogP contribution in [0.25, 0.3) is 0 Å². The molecule has 0 aliphatic rings. The Labute approximate surface area is 128 Å². The normalized spacial score (nSPS) is 10.4. The van der Waals surface area contributed by atoms with Gasteiger partial charge >= 0.3 is 0 Å². The molecular weight excluding hydrogens is 295 g/mol. The van der Waals surface area contributed by atoms with E-state index in [0.717, 1.165) is 30.2 Å². The zero-order valence-electron chi connectivity index (χ0n) is 11.4. The molecule has 0 radical (unpaired) electrons. The molecule has 0 bridgehead atoms. The van der Waals surface area contributed by atoms with Gasteiger partial charge in [-0.15, -0.1) is 0 Å². The summed E-state index contributed by atoms with van der Waals surface area (Å²) >= 11 is 12.0. The molecule has 1 heterocycles. The highest BCUT2D eigenvalue weighted by Crippen LogP contribution is 2.25. The van der Waals surface area contributed by atoms with E-state index in [1.165, 1.54) is 0 Å². The number of aryl methyl sites for hydroxylation is 1. The van der Waals surface area contributed by atoms with E-state index in [1.807, 2.05) is 13.1 Å². The summed E-state index contributed by atoms with van der Waals surface area (Å²) in [6.45, 7) is 2.10. The monoisotopic (exact) mass is 310 g/mol. The molecule has 106 valence electrons. The first-order valence-corrected chi connectivity index (χ1v) is 7.15. The summed E-state index contributed by atoms with van der Waals surface area (Å²) in [5.74, 6) is 2.29. The molecular formula is C14H16Cl2N4. The van der Waals surface area contributed by atoms with Crippen LogP contribution in [-0.2, 0) is 6.42 Å². The highest BCUT2D eigenvalue weighted by molar-refractivity contribution is 6.35. The van der Waals surface area contributed by atoms with Crippen molar-refractivity contribution >= 4 is 40.5 Å². The Morgan fingerprint density at radius 3 is 2.25 bits per heavy atom. The lowest BCUT2D eigenvalue weighted by Gasteiger charge is -2.10. The number of nitrogens with zero attached hydrogens (tertiary/aromatic N) is 2. The number of aromatic nitrogens is 2. The minimum Gasteiger partial charge on any atom is -0.373 e. The Hall–Kier alpha value is -1.52. The van der Waals surface area contributed by atoms with E-state index in [2.05, 4.69) is 27.5 Å². The van der Waals surface area contributed by atoms with Gasteiger partial charge in [-0.3, -0.25) is 0 Å². The van der Waals surface area contributed by atoms with Crippen LogP contribution in [0.4, 0.5) is 17.3 Å². The quantitative estimate of drug-likeness (QED) is 0.852. The third-order valence-corrected chi connectivity index (χ3v) is 3.07. The van der Waals surface area contributed by atoms with Crippen LogP contribution in [0.2, 0.25) is 10.0 Å². The lowest BCUT2D eigenvalue weighted by atomic mass is 10.3. The summed E-state index contributed by atoms with van der Waals surface area (Å²) in [6.07, 6.45) is 1.83. The summed E-state index contributed by atoms with van der Waals surface area (Å²) in [5, 5.41) is 7.39. The van der Waals surface area contributed by atoms with Crippen molar-refractivity contribution in [3.8, 4) is 0 Å². The first-order chi connectivity index (χ1) is 9.60. The first-order valence-electron chi connectivity index (χ1n) is 6.39. The van der Waals surface area contributed by atoms with Gasteiger partial charge in [0, 0.05) is 35.3 Å². The highest BCUT2D eigenvalue weighted by atomic mass is 35.5. The van der Waals surface area contributed by atoms with Crippen molar-refractivity contribution in [2.45, 2.75) is 19.8 Å². The summed E-state index contributed by atoms with van der Waals surface area (Å²) in [5.41, 5.74) is 0.797. The third-order valence-electron chi connectivity index (χ3n) is 2.64. The van der Waals surface area contributed by atoms with Crippen LogP contribution in [0.15, 0.2) is 24.3 Å². The molecule has 2 aromatic rings. The van der Waals surface area contributed by atoms with Gasteiger partial charge < -0.3 is 10.6 Å². The summed E-state index contributed by atoms with van der Waals surface area (Å²) < 4.78 is 0. The van der Waals surface area contributed by atoms with E-state index in [0.29, 0.717) is 15.9 Å². The number of hydrogen-bond donors (Lipinski definition) is 2. The van der Waals surface area contributed by atoms with E-state index >= 15 is 0 Å². The third kappa shape index (κ3) is 3.99. The van der Waals surface area contributed by atoms with Crippen LogP contribution in [-0.4, -0.2) is 17.0 Å². The second-order valence-corrected chi connectivity index (χ2v) is 5.21. The highest BCUT2D eigenvalue weighted by Gasteiger charge is 2.05. The molecule has 0 atom stereocenters. The molecule has 0 unspecified atom stereocenters. The predicted molar refractivity (Wildman–Crippen MR) is 85.3 cm³/mol. The minimum absolute atomic E-state index is 0.580. The van der Waals surface area contributed by atoms with Crippen LogP contribution >= 0.6 is 23.2 Å². The van der Waals surface area contributed by atoms with Gasteiger partial charge in [-0.25, -0.2) is 9.97 Å². The van der Waals surface area contributed by atoms with E-state index in [4.69, 9.17) is 23.2 Å². The molecule has 0 fully saturated rings. The van der Waals surface area contributed by atoms with Crippen molar-refractivity contribution in [2.24, 2.45) is 0 Å². The van der Waals surface area contributed by atoms with E-state index in [9.17, 15) is 0 Å². The standard InChI is InChI=1S/C14H16Cl2N4/c1-3-4-12-19-13(17-2)8-14(20-12)18-11-6-9(15)5-10(16)7-11/h5-8H,3-4H2,1-2H3,(H2,17,18,19,20). The molecule has 6 heteroatoms. The molecule has 20 heavy (non-hydrogen) atoms. The lowest BCUT2D eigenvalue weighted by Crippen LogP contribution is -2.03. The van der Waals surface area contributed by atoms with Gasteiger partial charge in [0.25, 0.3) is 0 Å². The van der Waals surface area contributed by atoms with Crippen LogP contribution in [0.3, 0.4) is 0 Å². The van der Waals surface area contributed by atoms with Crippen molar-refractivity contribution in [3.63, 3.8) is 0 Å². The van der Waals surface area contributed by atoms with E-state index in [1.54, 1.807) is 18.2 Å². The van der Waals surface area contributed by atoms with Gasteiger partial charge in [0.05, 0.1) is 0 Å². The molecule has 0 amide bonds. The first kappa shape index (κ1) is 14.9. The van der Waals surface area contributed by atoms with Crippen LogP contribution in [0, 0.1) is 0 Å². The van der Waals surface area contributed by atoms with Crippen molar-refractivity contribution in [2.75, 3.05) is 17.7 Å². The van der Waals surface area contributed by atoms with E-state index < -0.39 is 0 Å². The fourth-order valence-corrected chi connectivity index (χ4v) is 2.32. The summed E-state index contributed by atoms with van der Waals surface area (Å²) in [7, 11) is 1.83. The number of nitrogens with one attached hydrogen (secondary N) is 2. The molecule has 4 nitrogen and oxygen atoms in total. The Morgan fingerprint density at radius 1 is 1.00 bits per heavy atom. The van der Waals surface area contributed by atoms with Crippen LogP contribution in [0.1, 0.15) is 19.2 Å². The zero-order valence-corrected chi connectivity index (χ0v) is 12.9. The fraction of sp³-hybridized carbons (Fsp3) is 0.286. The average Bonchev–Trinajstić information content (AvgIpc) is 2.37. The fourth-order valence-electron chi connectivity index (χ4n) is 1.80. The van der Waals surface area contributed by atoms with Gasteiger partial charge in [0.2, 0.25) is 0 Å². The van der Waals surface area contributed by atoms with Crippen molar-refractivity contribution in [3.05, 3.63) is 40.1 Å². The maximum atomic E-state index is 5.99. The Morgan fingerprint density at radius 2 is 1.65 bits per heavy atom. The molecule has 0 saturated heterocycles. The zero-order chi connectivity index (χ0) is 14.5. The summed E-state index contributed by atoms with van der Waals surface area (Å²) in [4.78, 5) is 8.88. The number of halogens is 2. The van der Waals surface area contributed by atoms with Gasteiger partial charge in [0.1, 0.15) is 17.5 Å². The maximum Gasteiger partial charge on any atom is 0.136 e. The van der Waals surface area contributed by atoms with Gasteiger partial charge in [-0.05, 0) is 24.6 Å². The SMILES string of the molecule is CCCc1nc(NC)cc(Nc2cc(Cl)cc(Cl)c2)n1. The van der Waals surface area contributed by atoms with Gasteiger partial charge in [-0.2, -0.15) is 0 Å². The molecule has 0 aliphatic carbocycles. The smallest absolute Gasteiger partial charge is 0.136 e. The molecule has 0 saturated carbocycles. The molecule has 2 N–H and O–H groups in total. The van der Waals surface area contributed by atoms with Crippen molar-refractivity contribution in [1.29, 1.82) is 0 Å². The minimum atomic E-state index is 0.580. The largest absolute Gasteiger partial charge is 0.373 e. The number of rotatable bonds is 5. The molecule has 2 rings (SSSR count). The Balaban J connectivity index is 2.29. The topological polar surface area (TPSA) is 49.8 Å². The molecule has 1 aromatic heterocycles. The van der Waals surface area contributed by atoms with Crippen molar-refractivity contribution in [1.82, 2.24) is 9.97 Å². The van der Waals surface area contributed by atoms with E-state index in [-0.39, 0.29) is 0 Å². The van der Waals surface area contributed by atoms with Crippen molar-refractivity contribution < 1.29 is 0 Å². The number of anilines is 3. The van der Waals surface area contributed by atoms with Crippen LogP contribution < -0.4 is 10.6 Å². The molecule has 0 spiro atoms. The Bertz CT molecular complexity index is 581. The maximum absolute atomic E-state index is 5.99. The lowest BCUT2D eigenvalue weighted by molar-refractivity contribution is 0.838. The average molecular weight is 311 g/mol. The number of benzene rings is 1. The second-order valence-electron chi connectivity index (χ2n) is 4.34. The molecule has 0 aliphatic heterocycles. The van der Waals surface area contributed by atoms with Gasteiger partial charge in [-0.1, -0.05) is 30.1 Å². The number of hydrogen-bond acceptors (Lipinski definition) is 4. The van der Waals surface area contributed by atoms with Gasteiger partial charge in [0.15, 0.2) is 0 Å². The predicted octanol–water partition coefficient (Wildman–Crippen LogP) is 4.52. The summed E-state index contributed by atoms with van der Waals surface area (Å²) in [6, 6.07) is 7.13. The Kier molecular flexibility index (Phi) is 5.04. The van der Waals surface area contributed by atoms with Crippen LogP contribution in [0.5, 0.6) is 0 Å².